The molecule has 14 heteroatoms. The zero-order chi connectivity index (χ0) is 23.4. The van der Waals surface area contributed by atoms with E-state index in [1.54, 1.807) is 0 Å². The van der Waals surface area contributed by atoms with Crippen molar-refractivity contribution >= 4 is 11.9 Å². The van der Waals surface area contributed by atoms with Crippen LogP contribution in [0.25, 0.3) is 0 Å². The maximum absolute atomic E-state index is 12.9. The van der Waals surface area contributed by atoms with Gasteiger partial charge in [0.25, 0.3) is 5.91 Å². The van der Waals surface area contributed by atoms with Gasteiger partial charge in [0.05, 0.1) is 0 Å². The number of carbonyl (C=O) groups is 2. The van der Waals surface area contributed by atoms with Crippen LogP contribution in [-0.4, -0.2) is 42.6 Å². The van der Waals surface area contributed by atoms with Gasteiger partial charge in [-0.05, 0) is 37.0 Å². The number of carbonyl (C=O) groups excluding carboxylic acids is 2. The maximum atomic E-state index is 12.9. The van der Waals surface area contributed by atoms with Crippen LogP contribution in [-0.2, 0) is 16.0 Å². The Kier molecular flexibility index (Phi) is 7.72. The summed E-state index contributed by atoms with van der Waals surface area (Å²) in [6.45, 7) is -0.531. The lowest BCUT2D eigenvalue weighted by molar-refractivity contribution is -0.276. The molecule has 0 aliphatic rings. The summed E-state index contributed by atoms with van der Waals surface area (Å²) in [5, 5.41) is 1.42. The molecule has 0 aliphatic heterocycles. The quantitative estimate of drug-likeness (QED) is 0.272. The number of hydrogen-bond acceptors (Lipinski definition) is 3. The van der Waals surface area contributed by atoms with Crippen LogP contribution >= 0.6 is 0 Å². The highest BCUT2D eigenvalue weighted by Crippen LogP contribution is 2.37. The van der Waals surface area contributed by atoms with E-state index in [-0.39, 0.29) is 24.8 Å². The molecule has 1 rings (SSSR count). The van der Waals surface area contributed by atoms with Crippen molar-refractivity contribution in [1.82, 2.24) is 5.32 Å². The lowest BCUT2D eigenvalue weighted by Gasteiger charge is -2.18. The average Bonchev–Trinajstić information content (AvgIpc) is 2.59. The van der Waals surface area contributed by atoms with Crippen LogP contribution in [0.4, 0.5) is 43.9 Å². The van der Waals surface area contributed by atoms with Gasteiger partial charge in [-0.25, -0.2) is 4.79 Å². The third-order valence-corrected chi connectivity index (χ3v) is 3.54. The largest absolute Gasteiger partial charge is 0.465 e. The van der Waals surface area contributed by atoms with Gasteiger partial charge in [-0.1, -0.05) is 12.1 Å². The van der Waals surface area contributed by atoms with Crippen molar-refractivity contribution in [2.75, 3.05) is 6.54 Å². The molecule has 170 valence electrons. The van der Waals surface area contributed by atoms with Crippen LogP contribution in [0, 0.1) is 0 Å². The minimum atomic E-state index is -6.14. The molecule has 1 amide bonds. The molecule has 0 saturated carbocycles. The normalized spacial score (nSPS) is 13.1. The van der Waals surface area contributed by atoms with E-state index in [4.69, 9.17) is 0 Å². The van der Waals surface area contributed by atoms with E-state index in [1.165, 1.54) is 17.4 Å². The summed E-state index contributed by atoms with van der Waals surface area (Å²) in [5.41, 5.74) is 0.280. The Hall–Kier alpha value is -2.54. The number of alkyl halides is 10. The molecular weight excluding hydrogens is 444 g/mol. The first-order valence-electron chi connectivity index (χ1n) is 7.98. The third-order valence-electron chi connectivity index (χ3n) is 3.54. The Morgan fingerprint density at radius 1 is 0.833 bits per heavy atom. The van der Waals surface area contributed by atoms with E-state index in [0.29, 0.717) is 0 Å². The minimum absolute atomic E-state index is 0.0597. The van der Waals surface area contributed by atoms with Gasteiger partial charge < -0.3 is 10.1 Å². The highest BCUT2D eigenvalue weighted by molar-refractivity contribution is 5.84. The van der Waals surface area contributed by atoms with Gasteiger partial charge in [-0.3, -0.25) is 4.79 Å². The first kappa shape index (κ1) is 25.5. The van der Waals surface area contributed by atoms with Crippen LogP contribution in [0.1, 0.15) is 18.4 Å². The zero-order valence-electron chi connectivity index (χ0n) is 14.6. The predicted octanol–water partition coefficient (Wildman–Crippen LogP) is 4.43. The van der Waals surface area contributed by atoms with Gasteiger partial charge in [0.15, 0.2) is 0 Å². The molecule has 0 atom stereocenters. The summed E-state index contributed by atoms with van der Waals surface area (Å²) in [6.07, 6.45) is -12.1. The highest BCUT2D eigenvalue weighted by atomic mass is 19.4. The standard InChI is InChI=1S/C16H13F10NO3/c17-13(18,15(21,22)23)11(28)27-7-2-1-4-9-5-3-6-10(8-9)30-12(29)14(19,20)16(24,25)26/h3,5-6,8H,1-2,4,7H2,(H,27,28). The van der Waals surface area contributed by atoms with Gasteiger partial charge >= 0.3 is 30.2 Å². The molecule has 0 heterocycles. The molecule has 0 unspecified atom stereocenters. The SMILES string of the molecule is O=C(NCCCCc1cccc(OC(=O)C(F)(F)C(F)(F)F)c1)C(F)(F)C(F)(F)F. The zero-order valence-corrected chi connectivity index (χ0v) is 14.6. The number of rotatable bonds is 8. The van der Waals surface area contributed by atoms with Crippen molar-refractivity contribution in [1.29, 1.82) is 0 Å². The van der Waals surface area contributed by atoms with E-state index in [0.717, 1.165) is 12.1 Å². The van der Waals surface area contributed by atoms with Crippen LogP contribution < -0.4 is 10.1 Å². The van der Waals surface area contributed by atoms with E-state index < -0.39 is 48.4 Å². The summed E-state index contributed by atoms with van der Waals surface area (Å²) in [5.74, 6) is -17.2. The fraction of sp³-hybridized carbons (Fsp3) is 0.500. The number of ether oxygens (including phenoxy) is 1. The second kappa shape index (κ2) is 9.08. The monoisotopic (exact) mass is 457 g/mol. The topological polar surface area (TPSA) is 55.4 Å². The molecule has 0 aromatic heterocycles. The van der Waals surface area contributed by atoms with Crippen molar-refractivity contribution in [3.05, 3.63) is 29.8 Å². The third kappa shape index (κ3) is 6.23. The average molecular weight is 457 g/mol. The smallest absolute Gasteiger partial charge is 0.422 e. The molecule has 0 saturated heterocycles. The molecule has 0 fully saturated rings. The van der Waals surface area contributed by atoms with Crippen molar-refractivity contribution in [3.8, 4) is 5.75 Å². The van der Waals surface area contributed by atoms with Crippen LogP contribution in [0.15, 0.2) is 24.3 Å². The number of unbranched alkanes of at least 4 members (excludes halogenated alkanes) is 1. The number of halogens is 10. The summed E-state index contributed by atoms with van der Waals surface area (Å²) in [7, 11) is 0. The van der Waals surface area contributed by atoms with E-state index >= 15 is 0 Å². The number of amides is 1. The summed E-state index contributed by atoms with van der Waals surface area (Å²) in [4.78, 5) is 21.9. The van der Waals surface area contributed by atoms with E-state index in [1.807, 2.05) is 0 Å². The molecule has 30 heavy (non-hydrogen) atoms. The van der Waals surface area contributed by atoms with Crippen molar-refractivity contribution in [2.45, 2.75) is 43.5 Å². The highest BCUT2D eigenvalue weighted by Gasteiger charge is 2.65. The fourth-order valence-electron chi connectivity index (χ4n) is 1.95. The Bertz CT molecular complexity index is 758. The molecule has 4 nitrogen and oxygen atoms in total. The van der Waals surface area contributed by atoms with Gasteiger partial charge in [0, 0.05) is 6.54 Å². The Balaban J connectivity index is 2.54. The van der Waals surface area contributed by atoms with Crippen molar-refractivity contribution < 1.29 is 58.2 Å². The van der Waals surface area contributed by atoms with Crippen LogP contribution in [0.5, 0.6) is 5.75 Å². The predicted molar refractivity (Wildman–Crippen MR) is 80.0 cm³/mol. The molecule has 0 radical (unpaired) electrons. The van der Waals surface area contributed by atoms with Gasteiger partial charge in [0.1, 0.15) is 5.75 Å². The number of aryl methyl sites for hydroxylation is 1. The molecule has 1 N–H and O–H groups in total. The first-order chi connectivity index (χ1) is 13.5. The lowest BCUT2D eigenvalue weighted by atomic mass is 10.1. The number of nitrogens with one attached hydrogen (secondary N) is 1. The number of hydrogen-bond donors (Lipinski definition) is 1. The minimum Gasteiger partial charge on any atom is -0.422 e. The number of benzene rings is 1. The van der Waals surface area contributed by atoms with Gasteiger partial charge in [-0.15, -0.1) is 0 Å². The van der Waals surface area contributed by atoms with Crippen LogP contribution in [0.2, 0.25) is 0 Å². The molecule has 0 bridgehead atoms. The Morgan fingerprint density at radius 3 is 1.93 bits per heavy atom. The fourth-order valence-corrected chi connectivity index (χ4v) is 1.95. The van der Waals surface area contributed by atoms with Gasteiger partial charge in [0.2, 0.25) is 0 Å². The second-order valence-electron chi connectivity index (χ2n) is 5.89. The maximum Gasteiger partial charge on any atom is 0.465 e. The van der Waals surface area contributed by atoms with E-state index in [2.05, 4.69) is 4.74 Å². The molecule has 1 aromatic carbocycles. The summed E-state index contributed by atoms with van der Waals surface area (Å²) >= 11 is 0. The Labute approximate surface area is 162 Å². The van der Waals surface area contributed by atoms with E-state index in [9.17, 15) is 53.5 Å². The van der Waals surface area contributed by atoms with Crippen molar-refractivity contribution in [3.63, 3.8) is 0 Å². The lowest BCUT2D eigenvalue weighted by Crippen LogP contribution is -2.50. The second-order valence-corrected chi connectivity index (χ2v) is 5.89. The summed E-state index contributed by atoms with van der Waals surface area (Å²) < 4.78 is 127. The number of esters is 1. The van der Waals surface area contributed by atoms with Crippen molar-refractivity contribution in [2.24, 2.45) is 0 Å². The molecule has 1 aromatic rings. The molecular formula is C16H13F10NO3. The summed E-state index contributed by atoms with van der Waals surface area (Å²) in [6, 6.07) is 4.46. The first-order valence-corrected chi connectivity index (χ1v) is 7.98. The van der Waals surface area contributed by atoms with Gasteiger partial charge in [-0.2, -0.15) is 43.9 Å². The molecule has 0 aliphatic carbocycles. The molecule has 0 spiro atoms. The van der Waals surface area contributed by atoms with Crippen LogP contribution in [0.3, 0.4) is 0 Å². The Morgan fingerprint density at radius 2 is 1.40 bits per heavy atom.